The summed E-state index contributed by atoms with van der Waals surface area (Å²) in [6.45, 7) is 0.728. The van der Waals surface area contributed by atoms with Gasteiger partial charge in [-0.25, -0.2) is 0 Å². The highest BCUT2D eigenvalue weighted by atomic mass is 32.1. The van der Waals surface area contributed by atoms with Crippen LogP contribution in [0.15, 0.2) is 18.2 Å². The predicted octanol–water partition coefficient (Wildman–Crippen LogP) is 3.94. The molecule has 2 rings (SSSR count). The van der Waals surface area contributed by atoms with E-state index in [4.69, 9.17) is 18.0 Å². The molecule has 3 N–H and O–H groups in total. The Hall–Kier alpha value is -1.30. The van der Waals surface area contributed by atoms with Crippen molar-refractivity contribution in [2.24, 2.45) is 11.7 Å². The van der Waals surface area contributed by atoms with Gasteiger partial charge in [0.1, 0.15) is 4.99 Å². The minimum absolute atomic E-state index is 0.0257. The zero-order valence-corrected chi connectivity index (χ0v) is 11.8. The third-order valence-corrected chi connectivity index (χ3v) is 3.93. The Labute approximate surface area is 121 Å². The molecule has 0 amide bonds. The van der Waals surface area contributed by atoms with Crippen molar-refractivity contribution in [1.29, 1.82) is 0 Å². The van der Waals surface area contributed by atoms with E-state index in [0.717, 1.165) is 31.0 Å². The number of rotatable bonds is 5. The van der Waals surface area contributed by atoms with Crippen molar-refractivity contribution >= 4 is 22.9 Å². The van der Waals surface area contributed by atoms with E-state index in [1.807, 2.05) is 0 Å². The van der Waals surface area contributed by atoms with Crippen LogP contribution in [0.3, 0.4) is 0 Å². The van der Waals surface area contributed by atoms with E-state index in [1.54, 1.807) is 0 Å². The molecule has 0 bridgehead atoms. The number of benzene rings is 1. The fraction of sp³-hybridized carbons (Fsp3) is 0.500. The van der Waals surface area contributed by atoms with Gasteiger partial charge in [0.25, 0.3) is 0 Å². The van der Waals surface area contributed by atoms with Gasteiger partial charge < -0.3 is 11.1 Å². The Bertz CT molecular complexity index is 496. The summed E-state index contributed by atoms with van der Waals surface area (Å²) in [5.74, 6) is 0.741. The smallest absolute Gasteiger partial charge is 0.389 e. The Kier molecular flexibility index (Phi) is 4.52. The molecule has 0 saturated heterocycles. The molecular weight excluding hydrogens is 285 g/mol. The third-order valence-electron chi connectivity index (χ3n) is 3.71. The number of nitrogens with two attached hydrogens (primary N) is 1. The SMILES string of the molecule is NC(=S)c1cc(C(F)(F)F)ccc1NCCC1CCC1. The average Bonchev–Trinajstić information content (AvgIpc) is 2.31. The Balaban J connectivity index is 2.08. The van der Waals surface area contributed by atoms with Gasteiger partial charge in [0.05, 0.1) is 5.56 Å². The second-order valence-electron chi connectivity index (χ2n) is 5.13. The van der Waals surface area contributed by atoms with E-state index in [2.05, 4.69) is 5.32 Å². The van der Waals surface area contributed by atoms with E-state index >= 15 is 0 Å². The van der Waals surface area contributed by atoms with Crippen LogP contribution in [0.2, 0.25) is 0 Å². The molecule has 2 nitrogen and oxygen atoms in total. The zero-order valence-electron chi connectivity index (χ0n) is 11.0. The first-order valence-corrected chi connectivity index (χ1v) is 7.03. The molecule has 1 fully saturated rings. The quantitative estimate of drug-likeness (QED) is 0.809. The Morgan fingerprint density at radius 2 is 2.05 bits per heavy atom. The molecule has 0 spiro atoms. The highest BCUT2D eigenvalue weighted by Gasteiger charge is 2.31. The van der Waals surface area contributed by atoms with Crippen molar-refractivity contribution in [1.82, 2.24) is 0 Å². The minimum atomic E-state index is -4.38. The van der Waals surface area contributed by atoms with Crippen molar-refractivity contribution < 1.29 is 13.2 Å². The van der Waals surface area contributed by atoms with Crippen LogP contribution in [-0.4, -0.2) is 11.5 Å². The highest BCUT2D eigenvalue weighted by Crippen LogP contribution is 2.32. The molecule has 0 aromatic heterocycles. The van der Waals surface area contributed by atoms with Gasteiger partial charge in [-0.1, -0.05) is 31.5 Å². The summed E-state index contributed by atoms with van der Waals surface area (Å²) in [7, 11) is 0. The normalized spacial score (nSPS) is 15.8. The lowest BCUT2D eigenvalue weighted by Crippen LogP contribution is -2.18. The van der Waals surface area contributed by atoms with E-state index in [-0.39, 0.29) is 10.6 Å². The van der Waals surface area contributed by atoms with Gasteiger partial charge >= 0.3 is 6.18 Å². The van der Waals surface area contributed by atoms with Crippen molar-refractivity contribution in [3.8, 4) is 0 Å². The van der Waals surface area contributed by atoms with Gasteiger partial charge in [0.2, 0.25) is 0 Å². The third kappa shape index (κ3) is 3.62. The molecule has 1 aliphatic rings. The van der Waals surface area contributed by atoms with Crippen LogP contribution in [0.5, 0.6) is 0 Å². The summed E-state index contributed by atoms with van der Waals surface area (Å²) in [6.07, 6.45) is 0.415. The second kappa shape index (κ2) is 5.99. The Morgan fingerprint density at radius 3 is 2.55 bits per heavy atom. The largest absolute Gasteiger partial charge is 0.416 e. The summed E-state index contributed by atoms with van der Waals surface area (Å²) in [5, 5.41) is 3.14. The van der Waals surface area contributed by atoms with Crippen LogP contribution in [-0.2, 0) is 6.18 Å². The number of hydrogen-bond donors (Lipinski definition) is 2. The number of halogens is 3. The van der Waals surface area contributed by atoms with Crippen molar-refractivity contribution in [3.05, 3.63) is 29.3 Å². The monoisotopic (exact) mass is 302 g/mol. The number of anilines is 1. The van der Waals surface area contributed by atoms with Gasteiger partial charge in [-0.15, -0.1) is 0 Å². The summed E-state index contributed by atoms with van der Waals surface area (Å²) < 4.78 is 38.0. The fourth-order valence-electron chi connectivity index (χ4n) is 2.27. The lowest BCUT2D eigenvalue weighted by molar-refractivity contribution is -0.137. The summed E-state index contributed by atoms with van der Waals surface area (Å²) >= 11 is 4.84. The molecule has 0 heterocycles. The lowest BCUT2D eigenvalue weighted by atomic mass is 9.83. The number of alkyl halides is 3. The van der Waals surface area contributed by atoms with Gasteiger partial charge in [-0.2, -0.15) is 13.2 Å². The second-order valence-corrected chi connectivity index (χ2v) is 5.57. The van der Waals surface area contributed by atoms with Crippen LogP contribution in [0.4, 0.5) is 18.9 Å². The van der Waals surface area contributed by atoms with Crippen LogP contribution < -0.4 is 11.1 Å². The molecule has 110 valence electrons. The molecule has 1 saturated carbocycles. The zero-order chi connectivity index (χ0) is 14.8. The van der Waals surface area contributed by atoms with E-state index in [0.29, 0.717) is 5.69 Å². The molecule has 0 atom stereocenters. The summed E-state index contributed by atoms with van der Waals surface area (Å²) in [4.78, 5) is -0.0257. The van der Waals surface area contributed by atoms with Gasteiger partial charge in [-0.05, 0) is 30.5 Å². The molecule has 0 aliphatic heterocycles. The first-order chi connectivity index (χ1) is 9.38. The molecule has 0 unspecified atom stereocenters. The maximum Gasteiger partial charge on any atom is 0.416 e. The molecule has 6 heteroatoms. The van der Waals surface area contributed by atoms with Crippen molar-refractivity contribution in [3.63, 3.8) is 0 Å². The van der Waals surface area contributed by atoms with Crippen LogP contribution >= 0.6 is 12.2 Å². The van der Waals surface area contributed by atoms with E-state index < -0.39 is 11.7 Å². The van der Waals surface area contributed by atoms with Crippen LogP contribution in [0.1, 0.15) is 36.8 Å². The van der Waals surface area contributed by atoms with Crippen LogP contribution in [0.25, 0.3) is 0 Å². The number of nitrogens with one attached hydrogen (secondary N) is 1. The first kappa shape index (κ1) is 15.1. The Morgan fingerprint density at radius 1 is 1.35 bits per heavy atom. The van der Waals surface area contributed by atoms with E-state index in [1.165, 1.54) is 25.3 Å². The molecule has 1 aromatic carbocycles. The summed E-state index contributed by atoms with van der Waals surface area (Å²) in [6, 6.07) is 3.46. The van der Waals surface area contributed by atoms with Crippen LogP contribution in [0, 0.1) is 5.92 Å². The molecule has 20 heavy (non-hydrogen) atoms. The highest BCUT2D eigenvalue weighted by molar-refractivity contribution is 7.80. The topological polar surface area (TPSA) is 38.0 Å². The first-order valence-electron chi connectivity index (χ1n) is 6.63. The molecule has 1 aromatic rings. The fourth-order valence-corrected chi connectivity index (χ4v) is 2.44. The summed E-state index contributed by atoms with van der Waals surface area (Å²) in [5.41, 5.74) is 5.62. The molecule has 0 radical (unpaired) electrons. The predicted molar refractivity (Wildman–Crippen MR) is 77.8 cm³/mol. The van der Waals surface area contributed by atoms with E-state index in [9.17, 15) is 13.2 Å². The number of hydrogen-bond acceptors (Lipinski definition) is 2. The molecular formula is C14H17F3N2S. The maximum absolute atomic E-state index is 12.7. The van der Waals surface area contributed by atoms with Crippen molar-refractivity contribution in [2.45, 2.75) is 31.9 Å². The average molecular weight is 302 g/mol. The molecule has 1 aliphatic carbocycles. The van der Waals surface area contributed by atoms with Gasteiger partial charge in [-0.3, -0.25) is 0 Å². The van der Waals surface area contributed by atoms with Gasteiger partial charge in [0.15, 0.2) is 0 Å². The van der Waals surface area contributed by atoms with Gasteiger partial charge in [0, 0.05) is 17.8 Å². The lowest BCUT2D eigenvalue weighted by Gasteiger charge is -2.25. The maximum atomic E-state index is 12.7. The minimum Gasteiger partial charge on any atom is -0.389 e. The standard InChI is InChI=1S/C14H17F3N2S/c15-14(16,17)10-4-5-12(11(8-10)13(18)20)19-7-6-9-2-1-3-9/h4-5,8-9,19H,1-3,6-7H2,(H2,18,20). The number of thiocarbonyl (C=S) groups is 1. The van der Waals surface area contributed by atoms with Crippen molar-refractivity contribution in [2.75, 3.05) is 11.9 Å².